The van der Waals surface area contributed by atoms with Gasteiger partial charge in [0.25, 0.3) is 0 Å². The van der Waals surface area contributed by atoms with Crippen LogP contribution in [0.1, 0.15) is 24.8 Å². The van der Waals surface area contributed by atoms with Crippen LogP contribution in [-0.2, 0) is 14.3 Å². The van der Waals surface area contributed by atoms with Crippen molar-refractivity contribution in [3.05, 3.63) is 46.0 Å². The molecule has 1 aliphatic rings. The minimum atomic E-state index is -1.26. The Morgan fingerprint density at radius 2 is 1.88 bits per heavy atom. The van der Waals surface area contributed by atoms with Gasteiger partial charge in [0.05, 0.1) is 16.7 Å². The van der Waals surface area contributed by atoms with Crippen LogP contribution in [0.3, 0.4) is 0 Å². The van der Waals surface area contributed by atoms with E-state index in [2.05, 4.69) is 11.4 Å². The number of ether oxygens (including phenoxy) is 1. The van der Waals surface area contributed by atoms with Gasteiger partial charge in [0.15, 0.2) is 0 Å². The van der Waals surface area contributed by atoms with Gasteiger partial charge in [-0.25, -0.2) is 9.59 Å². The van der Waals surface area contributed by atoms with Gasteiger partial charge in [-0.3, -0.25) is 0 Å². The lowest BCUT2D eigenvalue weighted by Crippen LogP contribution is -2.37. The Hall–Kier alpha value is -1.60. The Bertz CT molecular complexity index is 620. The predicted molar refractivity (Wildman–Crippen MR) is 101 cm³/mol. The van der Waals surface area contributed by atoms with E-state index in [-0.39, 0.29) is 0 Å². The van der Waals surface area contributed by atoms with E-state index < -0.39 is 11.9 Å². The topological polar surface area (TPSA) is 95.9 Å². The van der Waals surface area contributed by atoms with Crippen molar-refractivity contribution in [1.29, 1.82) is 0 Å². The van der Waals surface area contributed by atoms with E-state index in [0.717, 1.165) is 32.7 Å². The van der Waals surface area contributed by atoms with Crippen LogP contribution in [0, 0.1) is 5.92 Å². The van der Waals surface area contributed by atoms with E-state index >= 15 is 0 Å². The predicted octanol–water partition coefficient (Wildman–Crippen LogP) is 3.43. The smallest absolute Gasteiger partial charge is 0.328 e. The molecule has 2 rings (SSSR count). The first kappa shape index (κ1) is 22.4. The molecule has 0 unspecified atom stereocenters. The van der Waals surface area contributed by atoms with Gasteiger partial charge in [-0.2, -0.15) is 0 Å². The molecule has 0 saturated carbocycles. The van der Waals surface area contributed by atoms with Gasteiger partial charge < -0.3 is 20.3 Å². The number of hydrogen-bond donors (Lipinski definition) is 3. The molecule has 0 aliphatic carbocycles. The van der Waals surface area contributed by atoms with E-state index in [0.29, 0.717) is 34.0 Å². The lowest BCUT2D eigenvalue weighted by Gasteiger charge is -2.32. The fourth-order valence-corrected chi connectivity index (χ4v) is 3.00. The molecule has 6 nitrogen and oxygen atoms in total. The zero-order chi connectivity index (χ0) is 19.5. The lowest BCUT2D eigenvalue weighted by atomic mass is 9.81. The highest BCUT2D eigenvalue weighted by atomic mass is 35.5. The highest BCUT2D eigenvalue weighted by molar-refractivity contribution is 6.42. The average Bonchev–Trinajstić information content (AvgIpc) is 2.61. The van der Waals surface area contributed by atoms with Crippen LogP contribution in [0.2, 0.25) is 10.0 Å². The van der Waals surface area contributed by atoms with Crippen molar-refractivity contribution in [2.45, 2.75) is 19.3 Å². The van der Waals surface area contributed by atoms with E-state index in [9.17, 15) is 9.59 Å². The van der Waals surface area contributed by atoms with Gasteiger partial charge in [0, 0.05) is 31.2 Å². The second kappa shape index (κ2) is 11.9. The first-order valence-electron chi connectivity index (χ1n) is 8.22. The quantitative estimate of drug-likeness (QED) is 0.629. The summed E-state index contributed by atoms with van der Waals surface area (Å²) in [6, 6.07) is 5.97. The van der Waals surface area contributed by atoms with Crippen molar-refractivity contribution in [3.8, 4) is 0 Å². The van der Waals surface area contributed by atoms with Crippen molar-refractivity contribution in [2.24, 2.45) is 5.92 Å². The Balaban J connectivity index is 0.000000359. The van der Waals surface area contributed by atoms with E-state index in [1.165, 1.54) is 5.56 Å². The van der Waals surface area contributed by atoms with Gasteiger partial charge in [0.2, 0.25) is 0 Å². The zero-order valence-corrected chi connectivity index (χ0v) is 16.0. The number of aliphatic carboxylic acids is 2. The fourth-order valence-electron chi connectivity index (χ4n) is 2.69. The summed E-state index contributed by atoms with van der Waals surface area (Å²) in [5.74, 6) is -1.50. The number of benzene rings is 1. The fraction of sp³-hybridized carbons (Fsp3) is 0.444. The average molecular weight is 404 g/mol. The minimum Gasteiger partial charge on any atom is -0.478 e. The molecular formula is C18H23Cl2NO5. The molecule has 1 aromatic carbocycles. The molecule has 3 N–H and O–H groups in total. The SMILES string of the molecule is CCOC[C@@H]1CNCC[C@H]1c1ccc(Cl)c(Cl)c1.O=C(O)C=CC(=O)O. The van der Waals surface area contributed by atoms with Crippen molar-refractivity contribution in [3.63, 3.8) is 0 Å². The third-order valence-electron chi connectivity index (χ3n) is 3.88. The first-order valence-corrected chi connectivity index (χ1v) is 8.98. The van der Waals surface area contributed by atoms with Crippen LogP contribution in [0.4, 0.5) is 0 Å². The molecular weight excluding hydrogens is 381 g/mol. The summed E-state index contributed by atoms with van der Waals surface area (Å²) in [5.41, 5.74) is 1.27. The second-order valence-electron chi connectivity index (χ2n) is 5.70. The maximum absolute atomic E-state index is 9.55. The van der Waals surface area contributed by atoms with Crippen LogP contribution in [0.5, 0.6) is 0 Å². The summed E-state index contributed by atoms with van der Waals surface area (Å²) in [5, 5.41) is 20.3. The maximum atomic E-state index is 9.55. The monoisotopic (exact) mass is 403 g/mol. The van der Waals surface area contributed by atoms with Crippen molar-refractivity contribution in [2.75, 3.05) is 26.3 Å². The standard InChI is InChI=1S/C14H19Cl2NO.C4H4O4/c1-2-18-9-11-8-17-6-5-12(11)10-3-4-13(15)14(16)7-10;5-3(6)1-2-4(7)8/h3-4,7,11-12,17H,2,5-6,8-9H2,1H3;1-2H,(H,5,6)(H,7,8)/t11-,12-;/m0./s1. The van der Waals surface area contributed by atoms with E-state index in [1.807, 2.05) is 19.1 Å². The summed E-state index contributed by atoms with van der Waals surface area (Å²) in [6.45, 7) is 5.65. The third kappa shape index (κ3) is 8.19. The summed E-state index contributed by atoms with van der Waals surface area (Å²) in [7, 11) is 0. The van der Waals surface area contributed by atoms with Crippen molar-refractivity contribution in [1.82, 2.24) is 5.32 Å². The Morgan fingerprint density at radius 1 is 1.23 bits per heavy atom. The number of halogens is 2. The summed E-state index contributed by atoms with van der Waals surface area (Å²) < 4.78 is 5.58. The van der Waals surface area contributed by atoms with Crippen LogP contribution in [0.25, 0.3) is 0 Å². The number of carboxylic acids is 2. The van der Waals surface area contributed by atoms with Crippen LogP contribution >= 0.6 is 23.2 Å². The molecule has 8 heteroatoms. The van der Waals surface area contributed by atoms with Crippen LogP contribution in [0.15, 0.2) is 30.4 Å². The summed E-state index contributed by atoms with van der Waals surface area (Å²) >= 11 is 12.1. The maximum Gasteiger partial charge on any atom is 0.328 e. The molecule has 144 valence electrons. The molecule has 0 aromatic heterocycles. The molecule has 1 aromatic rings. The zero-order valence-electron chi connectivity index (χ0n) is 14.5. The molecule has 1 saturated heterocycles. The van der Waals surface area contributed by atoms with Gasteiger partial charge >= 0.3 is 11.9 Å². The minimum absolute atomic E-state index is 0.507. The highest BCUT2D eigenvalue weighted by Gasteiger charge is 2.26. The van der Waals surface area contributed by atoms with Crippen LogP contribution < -0.4 is 5.32 Å². The molecule has 26 heavy (non-hydrogen) atoms. The molecule has 2 atom stereocenters. The molecule has 0 spiro atoms. The van der Waals surface area contributed by atoms with E-state index in [4.69, 9.17) is 38.2 Å². The van der Waals surface area contributed by atoms with E-state index in [1.54, 1.807) is 0 Å². The largest absolute Gasteiger partial charge is 0.478 e. The molecule has 1 aliphatic heterocycles. The summed E-state index contributed by atoms with van der Waals surface area (Å²) in [4.78, 5) is 19.1. The van der Waals surface area contributed by atoms with Crippen molar-refractivity contribution >= 4 is 35.1 Å². The van der Waals surface area contributed by atoms with Crippen molar-refractivity contribution < 1.29 is 24.5 Å². The van der Waals surface area contributed by atoms with Crippen LogP contribution in [-0.4, -0.2) is 48.5 Å². The number of piperidine rings is 1. The highest BCUT2D eigenvalue weighted by Crippen LogP contribution is 2.34. The van der Waals surface area contributed by atoms with Gasteiger partial charge in [-0.05, 0) is 43.5 Å². The number of hydrogen-bond acceptors (Lipinski definition) is 4. The third-order valence-corrected chi connectivity index (χ3v) is 4.62. The normalized spacial score (nSPS) is 19.7. The molecule has 0 radical (unpaired) electrons. The number of carboxylic acid groups (broad SMARTS) is 2. The van der Waals surface area contributed by atoms with Gasteiger partial charge in [-0.1, -0.05) is 29.3 Å². The Labute approximate surface area is 162 Å². The number of nitrogens with one attached hydrogen (secondary N) is 1. The number of rotatable bonds is 6. The lowest BCUT2D eigenvalue weighted by molar-refractivity contribution is -0.134. The van der Waals surface area contributed by atoms with Gasteiger partial charge in [0.1, 0.15) is 0 Å². The first-order chi connectivity index (χ1) is 12.3. The Morgan fingerprint density at radius 3 is 2.42 bits per heavy atom. The number of carbonyl (C=O) groups is 2. The second-order valence-corrected chi connectivity index (χ2v) is 6.52. The molecule has 1 heterocycles. The van der Waals surface area contributed by atoms with Gasteiger partial charge in [-0.15, -0.1) is 0 Å². The molecule has 0 amide bonds. The summed E-state index contributed by atoms with van der Waals surface area (Å²) in [6.07, 6.45) is 2.24. The molecule has 0 bridgehead atoms. The molecule has 1 fully saturated rings. The Kier molecular flexibility index (Phi) is 10.3.